The van der Waals surface area contributed by atoms with E-state index in [1.165, 1.54) is 29.5 Å². The molecule has 0 aromatic heterocycles. The van der Waals surface area contributed by atoms with Crippen molar-refractivity contribution < 1.29 is 14.7 Å². The van der Waals surface area contributed by atoms with Crippen molar-refractivity contribution in [3.8, 4) is 0 Å². The standard InChI is InChI=1S/C13H21N3O3S/c17-12(18)11-8-20-9-16(11)13(19)15-6-5-14-4-2-1-3-10(14)7-15/h10-11H,1-9H2,(H,17,18). The van der Waals surface area contributed by atoms with Gasteiger partial charge in [-0.1, -0.05) is 6.42 Å². The van der Waals surface area contributed by atoms with Gasteiger partial charge < -0.3 is 14.9 Å². The van der Waals surface area contributed by atoms with Crippen LogP contribution in [0.5, 0.6) is 0 Å². The van der Waals surface area contributed by atoms with E-state index < -0.39 is 12.0 Å². The highest BCUT2D eigenvalue weighted by atomic mass is 32.2. The van der Waals surface area contributed by atoms with Crippen LogP contribution >= 0.6 is 11.8 Å². The summed E-state index contributed by atoms with van der Waals surface area (Å²) < 4.78 is 0. The van der Waals surface area contributed by atoms with Crippen molar-refractivity contribution in [3.05, 3.63) is 0 Å². The molecular weight excluding hydrogens is 278 g/mol. The molecule has 0 aromatic carbocycles. The highest BCUT2D eigenvalue weighted by molar-refractivity contribution is 7.99. The Bertz CT molecular complexity index is 406. The van der Waals surface area contributed by atoms with Crippen LogP contribution in [0.1, 0.15) is 19.3 Å². The molecule has 3 rings (SSSR count). The number of fused-ring (bicyclic) bond motifs is 1. The first-order valence-corrected chi connectivity index (χ1v) is 8.42. The zero-order valence-corrected chi connectivity index (χ0v) is 12.3. The normalized spacial score (nSPS) is 31.2. The molecule has 112 valence electrons. The molecule has 2 amide bonds. The third-order valence-electron chi connectivity index (χ3n) is 4.52. The number of carboxylic acids is 1. The average Bonchev–Trinajstić information content (AvgIpc) is 2.95. The molecule has 6 nitrogen and oxygen atoms in total. The van der Waals surface area contributed by atoms with E-state index >= 15 is 0 Å². The van der Waals surface area contributed by atoms with Crippen LogP contribution in [0.15, 0.2) is 0 Å². The van der Waals surface area contributed by atoms with Gasteiger partial charge in [-0.25, -0.2) is 9.59 Å². The van der Waals surface area contributed by atoms with Crippen molar-refractivity contribution in [1.29, 1.82) is 0 Å². The zero-order chi connectivity index (χ0) is 14.1. The monoisotopic (exact) mass is 299 g/mol. The van der Waals surface area contributed by atoms with Crippen LogP contribution in [0.2, 0.25) is 0 Å². The number of amides is 2. The van der Waals surface area contributed by atoms with Crippen LogP contribution in [-0.2, 0) is 4.79 Å². The topological polar surface area (TPSA) is 64.1 Å². The minimum absolute atomic E-state index is 0.0902. The first kappa shape index (κ1) is 14.0. The molecule has 2 atom stereocenters. The minimum atomic E-state index is -0.889. The molecule has 0 aromatic rings. The zero-order valence-electron chi connectivity index (χ0n) is 11.5. The number of piperazine rings is 1. The third-order valence-corrected chi connectivity index (χ3v) is 5.53. The van der Waals surface area contributed by atoms with E-state index in [0.29, 0.717) is 17.7 Å². The number of carboxylic acid groups (broad SMARTS) is 1. The Hall–Kier alpha value is -0.950. The number of hydrogen-bond donors (Lipinski definition) is 1. The maximum absolute atomic E-state index is 12.5. The second-order valence-electron chi connectivity index (χ2n) is 5.74. The molecule has 2 unspecified atom stereocenters. The summed E-state index contributed by atoms with van der Waals surface area (Å²) in [4.78, 5) is 29.6. The smallest absolute Gasteiger partial charge is 0.327 e. The average molecular weight is 299 g/mol. The fourth-order valence-electron chi connectivity index (χ4n) is 3.35. The number of thioether (sulfide) groups is 1. The Balaban J connectivity index is 1.64. The number of carbonyl (C=O) groups is 2. The molecule has 0 bridgehead atoms. The maximum Gasteiger partial charge on any atom is 0.327 e. The van der Waals surface area contributed by atoms with Crippen molar-refractivity contribution in [1.82, 2.24) is 14.7 Å². The van der Waals surface area contributed by atoms with Gasteiger partial charge >= 0.3 is 12.0 Å². The molecule has 0 aliphatic carbocycles. The number of piperidine rings is 1. The van der Waals surface area contributed by atoms with Crippen LogP contribution in [0, 0.1) is 0 Å². The second-order valence-corrected chi connectivity index (χ2v) is 6.74. The van der Waals surface area contributed by atoms with E-state index in [2.05, 4.69) is 4.90 Å². The van der Waals surface area contributed by atoms with Gasteiger partial charge in [0, 0.05) is 31.4 Å². The van der Waals surface area contributed by atoms with E-state index in [-0.39, 0.29) is 6.03 Å². The van der Waals surface area contributed by atoms with Gasteiger partial charge in [-0.3, -0.25) is 4.90 Å². The Kier molecular flexibility index (Phi) is 4.07. The van der Waals surface area contributed by atoms with E-state index in [1.807, 2.05) is 4.90 Å². The van der Waals surface area contributed by atoms with E-state index in [9.17, 15) is 14.7 Å². The number of urea groups is 1. The SMILES string of the molecule is O=C(O)C1CSCN1C(=O)N1CCN2CCCCC2C1. The van der Waals surface area contributed by atoms with E-state index in [1.54, 1.807) is 0 Å². The number of aliphatic carboxylic acids is 1. The summed E-state index contributed by atoms with van der Waals surface area (Å²) in [6.07, 6.45) is 3.65. The van der Waals surface area contributed by atoms with Crippen molar-refractivity contribution in [2.75, 3.05) is 37.8 Å². The number of nitrogens with zero attached hydrogens (tertiary/aromatic N) is 3. The van der Waals surface area contributed by atoms with Crippen molar-refractivity contribution in [2.24, 2.45) is 0 Å². The molecule has 3 fully saturated rings. The molecule has 3 saturated heterocycles. The first-order valence-electron chi connectivity index (χ1n) is 7.27. The summed E-state index contributed by atoms with van der Waals surface area (Å²) >= 11 is 1.52. The summed E-state index contributed by atoms with van der Waals surface area (Å²) in [5.41, 5.74) is 0. The molecule has 7 heteroatoms. The summed E-state index contributed by atoms with van der Waals surface area (Å²) in [5, 5.41) is 9.18. The Morgan fingerprint density at radius 2 is 2.00 bits per heavy atom. The maximum atomic E-state index is 12.5. The molecule has 0 spiro atoms. The van der Waals surface area contributed by atoms with Gasteiger partial charge in [0.1, 0.15) is 6.04 Å². The minimum Gasteiger partial charge on any atom is -0.480 e. The molecule has 0 radical (unpaired) electrons. The van der Waals surface area contributed by atoms with Gasteiger partial charge in [-0.2, -0.15) is 0 Å². The molecule has 1 N–H and O–H groups in total. The predicted octanol–water partition coefficient (Wildman–Crippen LogP) is 0.736. The van der Waals surface area contributed by atoms with Gasteiger partial charge in [0.15, 0.2) is 0 Å². The highest BCUT2D eigenvalue weighted by Crippen LogP contribution is 2.25. The molecule has 3 aliphatic rings. The Labute approximate surface area is 123 Å². The highest BCUT2D eigenvalue weighted by Gasteiger charge is 2.39. The largest absolute Gasteiger partial charge is 0.480 e. The van der Waals surface area contributed by atoms with E-state index in [4.69, 9.17) is 0 Å². The summed E-state index contributed by atoms with van der Waals surface area (Å²) in [7, 11) is 0. The van der Waals surface area contributed by atoms with Gasteiger partial charge in [-0.05, 0) is 19.4 Å². The lowest BCUT2D eigenvalue weighted by Gasteiger charge is -2.45. The van der Waals surface area contributed by atoms with Crippen molar-refractivity contribution >= 4 is 23.8 Å². The first-order chi connectivity index (χ1) is 9.66. The molecular formula is C13H21N3O3S. The molecule has 0 saturated carbocycles. The van der Waals surface area contributed by atoms with Crippen molar-refractivity contribution in [3.63, 3.8) is 0 Å². The lowest BCUT2D eigenvalue weighted by Crippen LogP contribution is -2.59. The molecule has 20 heavy (non-hydrogen) atoms. The number of rotatable bonds is 1. The Morgan fingerprint density at radius 3 is 2.80 bits per heavy atom. The van der Waals surface area contributed by atoms with Crippen LogP contribution < -0.4 is 0 Å². The van der Waals surface area contributed by atoms with Crippen LogP contribution in [0.3, 0.4) is 0 Å². The van der Waals surface area contributed by atoms with Crippen molar-refractivity contribution in [2.45, 2.75) is 31.3 Å². The van der Waals surface area contributed by atoms with Gasteiger partial charge in [0.05, 0.1) is 5.88 Å². The third kappa shape index (κ3) is 2.61. The van der Waals surface area contributed by atoms with Crippen LogP contribution in [0.4, 0.5) is 4.79 Å². The molecule has 3 aliphatic heterocycles. The summed E-state index contributed by atoms with van der Waals surface area (Å²) in [6, 6.07) is -0.274. The summed E-state index contributed by atoms with van der Waals surface area (Å²) in [6.45, 7) is 3.55. The van der Waals surface area contributed by atoms with E-state index in [0.717, 1.165) is 32.6 Å². The summed E-state index contributed by atoms with van der Waals surface area (Å²) in [5.74, 6) is 0.116. The fraction of sp³-hybridized carbons (Fsp3) is 0.846. The van der Waals surface area contributed by atoms with Crippen LogP contribution in [-0.4, -0.2) is 81.7 Å². The predicted molar refractivity (Wildman–Crippen MR) is 76.8 cm³/mol. The Morgan fingerprint density at radius 1 is 1.15 bits per heavy atom. The lowest BCUT2D eigenvalue weighted by atomic mass is 10.00. The second kappa shape index (κ2) is 5.81. The molecule has 3 heterocycles. The lowest BCUT2D eigenvalue weighted by molar-refractivity contribution is -0.141. The fourth-order valence-corrected chi connectivity index (χ4v) is 4.49. The van der Waals surface area contributed by atoms with Crippen LogP contribution in [0.25, 0.3) is 0 Å². The number of carbonyl (C=O) groups excluding carboxylic acids is 1. The van der Waals surface area contributed by atoms with Gasteiger partial charge in [0.25, 0.3) is 0 Å². The van der Waals surface area contributed by atoms with Gasteiger partial charge in [0.2, 0.25) is 0 Å². The quantitative estimate of drug-likeness (QED) is 0.773. The number of hydrogen-bond acceptors (Lipinski definition) is 4. The van der Waals surface area contributed by atoms with Gasteiger partial charge in [-0.15, -0.1) is 11.8 Å².